The Kier molecular flexibility index (Phi) is 6.44. The van der Waals surface area contributed by atoms with Gasteiger partial charge in [-0.1, -0.05) is 0 Å². The molecule has 2 N–H and O–H groups in total. The predicted octanol–water partition coefficient (Wildman–Crippen LogP) is -0.225. The van der Waals surface area contributed by atoms with Crippen LogP contribution >= 0.6 is 0 Å². The first-order valence-corrected chi connectivity index (χ1v) is 7.02. The molecule has 4 amide bonds. The van der Waals surface area contributed by atoms with Crippen molar-refractivity contribution < 1.29 is 14.4 Å². The number of imide groups is 1. The molecule has 0 spiro atoms. The first kappa shape index (κ1) is 16.4. The molecular formula is C13H24N4O3. The number of hydrogen-bond donors (Lipinski definition) is 2. The van der Waals surface area contributed by atoms with Crippen molar-refractivity contribution in [2.24, 2.45) is 0 Å². The van der Waals surface area contributed by atoms with Crippen LogP contribution in [0.15, 0.2) is 0 Å². The van der Waals surface area contributed by atoms with Gasteiger partial charge in [0.1, 0.15) is 0 Å². The van der Waals surface area contributed by atoms with Gasteiger partial charge >= 0.3 is 6.03 Å². The monoisotopic (exact) mass is 284 g/mol. The summed E-state index contributed by atoms with van der Waals surface area (Å²) < 4.78 is 0. The zero-order chi connectivity index (χ0) is 15.1. The quantitative estimate of drug-likeness (QED) is 0.731. The summed E-state index contributed by atoms with van der Waals surface area (Å²) in [7, 11) is 1.70. The Hall–Kier alpha value is -1.63. The van der Waals surface area contributed by atoms with E-state index < -0.39 is 18.0 Å². The highest BCUT2D eigenvalue weighted by atomic mass is 16.2. The van der Waals surface area contributed by atoms with E-state index in [1.807, 2.05) is 4.90 Å². The van der Waals surface area contributed by atoms with Crippen LogP contribution in [0.3, 0.4) is 0 Å². The maximum atomic E-state index is 12.0. The van der Waals surface area contributed by atoms with Crippen LogP contribution in [0.5, 0.6) is 0 Å². The summed E-state index contributed by atoms with van der Waals surface area (Å²) in [6, 6.07) is -1.05. The Morgan fingerprint density at radius 2 is 1.85 bits per heavy atom. The first-order chi connectivity index (χ1) is 9.45. The number of carbonyl (C=O) groups excluding carboxylic acids is 3. The molecular weight excluding hydrogens is 260 g/mol. The van der Waals surface area contributed by atoms with Crippen LogP contribution in [0.2, 0.25) is 0 Å². The molecule has 0 radical (unpaired) electrons. The van der Waals surface area contributed by atoms with Gasteiger partial charge in [0.05, 0.1) is 12.6 Å². The van der Waals surface area contributed by atoms with E-state index in [9.17, 15) is 14.4 Å². The molecule has 0 saturated carbocycles. The van der Waals surface area contributed by atoms with Gasteiger partial charge in [-0.15, -0.1) is 0 Å². The lowest BCUT2D eigenvalue weighted by Crippen LogP contribution is -2.50. The van der Waals surface area contributed by atoms with E-state index in [-0.39, 0.29) is 12.5 Å². The van der Waals surface area contributed by atoms with Crippen molar-refractivity contribution in [2.75, 3.05) is 33.2 Å². The number of hydrogen-bond acceptors (Lipinski definition) is 4. The normalized spacial score (nSPS) is 16.1. The molecule has 7 nitrogen and oxygen atoms in total. The number of likely N-dealkylation sites (N-methyl/N-ethyl adjacent to an activating group) is 1. The lowest BCUT2D eigenvalue weighted by atomic mass is 10.2. The smallest absolute Gasteiger partial charge is 0.321 e. The molecule has 20 heavy (non-hydrogen) atoms. The number of nitrogens with one attached hydrogen (secondary N) is 2. The van der Waals surface area contributed by atoms with Gasteiger partial charge in [0, 0.05) is 19.6 Å². The number of nitrogens with zero attached hydrogens (tertiary/aromatic N) is 2. The maximum Gasteiger partial charge on any atom is 0.321 e. The molecule has 7 heteroatoms. The van der Waals surface area contributed by atoms with Gasteiger partial charge in [-0.05, 0) is 33.7 Å². The molecule has 1 aliphatic rings. The van der Waals surface area contributed by atoms with E-state index in [2.05, 4.69) is 10.6 Å². The molecule has 1 heterocycles. The van der Waals surface area contributed by atoms with Crippen molar-refractivity contribution in [3.63, 3.8) is 0 Å². The van der Waals surface area contributed by atoms with Crippen molar-refractivity contribution in [1.29, 1.82) is 0 Å². The lowest BCUT2D eigenvalue weighted by molar-refractivity contribution is -0.132. The van der Waals surface area contributed by atoms with Crippen LogP contribution in [-0.2, 0) is 9.59 Å². The Morgan fingerprint density at radius 1 is 1.25 bits per heavy atom. The van der Waals surface area contributed by atoms with Gasteiger partial charge in [-0.2, -0.15) is 0 Å². The van der Waals surface area contributed by atoms with Crippen LogP contribution < -0.4 is 10.6 Å². The van der Waals surface area contributed by atoms with Gasteiger partial charge in [0.25, 0.3) is 0 Å². The Balaban J connectivity index is 2.40. The summed E-state index contributed by atoms with van der Waals surface area (Å²) in [6.07, 6.45) is 2.09. The van der Waals surface area contributed by atoms with E-state index in [1.54, 1.807) is 25.8 Å². The Labute approximate surface area is 119 Å². The minimum Gasteiger partial charge on any atom is -0.342 e. The third-order valence-corrected chi connectivity index (χ3v) is 3.46. The first-order valence-electron chi connectivity index (χ1n) is 7.02. The van der Waals surface area contributed by atoms with Crippen LogP contribution in [-0.4, -0.2) is 66.9 Å². The second-order valence-electron chi connectivity index (χ2n) is 5.03. The maximum absolute atomic E-state index is 12.0. The summed E-state index contributed by atoms with van der Waals surface area (Å²) >= 11 is 0. The van der Waals surface area contributed by atoms with Gasteiger partial charge in [0.15, 0.2) is 0 Å². The lowest BCUT2D eigenvalue weighted by Gasteiger charge is -2.25. The topological polar surface area (TPSA) is 81.8 Å². The number of likely N-dealkylation sites (tertiary alicyclic amines) is 1. The molecule has 0 bridgehead atoms. The fourth-order valence-corrected chi connectivity index (χ4v) is 2.04. The highest BCUT2D eigenvalue weighted by molar-refractivity contribution is 5.97. The van der Waals surface area contributed by atoms with Crippen molar-refractivity contribution >= 4 is 17.8 Å². The molecule has 1 rings (SSSR count). The molecule has 1 atom stereocenters. The molecule has 0 unspecified atom stereocenters. The third-order valence-electron chi connectivity index (χ3n) is 3.46. The van der Waals surface area contributed by atoms with E-state index in [1.165, 1.54) is 0 Å². The zero-order valence-corrected chi connectivity index (χ0v) is 12.4. The van der Waals surface area contributed by atoms with Gasteiger partial charge < -0.3 is 10.2 Å². The summed E-state index contributed by atoms with van der Waals surface area (Å²) in [5.74, 6) is -0.379. The molecule has 114 valence electrons. The number of carbonyl (C=O) groups is 3. The average molecular weight is 284 g/mol. The summed E-state index contributed by atoms with van der Waals surface area (Å²) in [4.78, 5) is 38.5. The summed E-state index contributed by atoms with van der Waals surface area (Å²) in [5, 5.41) is 4.74. The van der Waals surface area contributed by atoms with Crippen molar-refractivity contribution in [3.8, 4) is 0 Å². The highest BCUT2D eigenvalue weighted by Gasteiger charge is 2.24. The third kappa shape index (κ3) is 4.80. The summed E-state index contributed by atoms with van der Waals surface area (Å²) in [6.45, 7) is 5.68. The van der Waals surface area contributed by atoms with E-state index in [4.69, 9.17) is 0 Å². The number of rotatable bonds is 5. The number of urea groups is 1. The average Bonchev–Trinajstić information content (AvgIpc) is 2.91. The van der Waals surface area contributed by atoms with Gasteiger partial charge in [-0.3, -0.25) is 19.8 Å². The van der Waals surface area contributed by atoms with Crippen molar-refractivity contribution in [1.82, 2.24) is 20.4 Å². The minimum atomic E-state index is -0.538. The van der Waals surface area contributed by atoms with Crippen molar-refractivity contribution in [3.05, 3.63) is 0 Å². The van der Waals surface area contributed by atoms with E-state index in [0.717, 1.165) is 25.9 Å². The fourth-order valence-electron chi connectivity index (χ4n) is 2.04. The minimum absolute atomic E-state index is 0.0302. The molecule has 0 aliphatic carbocycles. The van der Waals surface area contributed by atoms with Crippen LogP contribution in [0, 0.1) is 0 Å². The Morgan fingerprint density at radius 3 is 2.40 bits per heavy atom. The predicted molar refractivity (Wildman–Crippen MR) is 75.1 cm³/mol. The number of amides is 4. The fraction of sp³-hybridized carbons (Fsp3) is 0.769. The molecule has 0 aromatic rings. The largest absolute Gasteiger partial charge is 0.342 e. The van der Waals surface area contributed by atoms with Gasteiger partial charge in [-0.25, -0.2) is 4.79 Å². The molecule has 0 aromatic heterocycles. The van der Waals surface area contributed by atoms with E-state index in [0.29, 0.717) is 6.54 Å². The van der Waals surface area contributed by atoms with Crippen LogP contribution in [0.1, 0.15) is 26.7 Å². The summed E-state index contributed by atoms with van der Waals surface area (Å²) in [5.41, 5.74) is 0. The zero-order valence-electron chi connectivity index (χ0n) is 12.4. The van der Waals surface area contributed by atoms with Crippen LogP contribution in [0.25, 0.3) is 0 Å². The molecule has 1 aliphatic heterocycles. The second kappa shape index (κ2) is 7.84. The SMILES string of the molecule is CCNC(=O)NC(=O)[C@H](C)N(C)CC(=O)N1CCCC1. The molecule has 1 saturated heterocycles. The van der Waals surface area contributed by atoms with Gasteiger partial charge in [0.2, 0.25) is 11.8 Å². The Bertz CT molecular complexity index is 367. The molecule has 1 fully saturated rings. The standard InChI is InChI=1S/C13H24N4O3/c1-4-14-13(20)15-12(19)10(2)16(3)9-11(18)17-7-5-6-8-17/h10H,4-9H2,1-3H3,(H2,14,15,19,20)/t10-/m0/s1. The molecule has 0 aromatic carbocycles. The van der Waals surface area contributed by atoms with E-state index >= 15 is 0 Å². The highest BCUT2D eigenvalue weighted by Crippen LogP contribution is 2.08. The van der Waals surface area contributed by atoms with Crippen LogP contribution in [0.4, 0.5) is 4.79 Å². The second-order valence-corrected chi connectivity index (χ2v) is 5.03. The van der Waals surface area contributed by atoms with Crippen molar-refractivity contribution in [2.45, 2.75) is 32.7 Å².